The minimum absolute atomic E-state index is 0.138. The first-order chi connectivity index (χ1) is 10.0. The van der Waals surface area contributed by atoms with Gasteiger partial charge in [0.05, 0.1) is 28.0 Å². The summed E-state index contributed by atoms with van der Waals surface area (Å²) in [6, 6.07) is 7.79. The number of fused-ring (bicyclic) bond motifs is 1. The minimum Gasteiger partial charge on any atom is -0.390 e. The Morgan fingerprint density at radius 1 is 1.19 bits per heavy atom. The van der Waals surface area contributed by atoms with Gasteiger partial charge in [0, 0.05) is 11.8 Å². The van der Waals surface area contributed by atoms with Crippen LogP contribution in [-0.2, 0) is 6.61 Å². The fourth-order valence-corrected chi connectivity index (χ4v) is 3.08. The smallest absolute Gasteiger partial charge is 0.156 e. The molecule has 3 rings (SSSR count). The molecular formula is C16H14Cl2N2O. The molecule has 0 saturated carbocycles. The van der Waals surface area contributed by atoms with E-state index in [1.807, 2.05) is 26.0 Å². The number of pyridine rings is 1. The molecule has 2 aromatic heterocycles. The van der Waals surface area contributed by atoms with Gasteiger partial charge in [-0.2, -0.15) is 0 Å². The van der Waals surface area contributed by atoms with E-state index in [0.717, 1.165) is 16.8 Å². The number of aromatic nitrogens is 2. The molecule has 0 saturated heterocycles. The lowest BCUT2D eigenvalue weighted by atomic mass is 10.0. The molecule has 3 nitrogen and oxygen atoms in total. The number of nitrogens with zero attached hydrogens (tertiary/aromatic N) is 2. The molecule has 0 aliphatic rings. The van der Waals surface area contributed by atoms with Crippen LogP contribution in [0.3, 0.4) is 0 Å². The minimum atomic E-state index is -0.138. The van der Waals surface area contributed by atoms with Crippen LogP contribution in [0.1, 0.15) is 16.8 Å². The van der Waals surface area contributed by atoms with Gasteiger partial charge in [-0.1, -0.05) is 47.0 Å². The molecule has 1 N–H and O–H groups in total. The molecule has 21 heavy (non-hydrogen) atoms. The second-order valence-electron chi connectivity index (χ2n) is 5.08. The van der Waals surface area contributed by atoms with Crippen LogP contribution in [0.5, 0.6) is 0 Å². The number of imidazole rings is 1. The summed E-state index contributed by atoms with van der Waals surface area (Å²) in [5, 5.41) is 10.7. The maximum Gasteiger partial charge on any atom is 0.156 e. The highest BCUT2D eigenvalue weighted by Gasteiger charge is 2.17. The van der Waals surface area contributed by atoms with Gasteiger partial charge >= 0.3 is 0 Å². The highest BCUT2D eigenvalue weighted by Crippen LogP contribution is 2.31. The van der Waals surface area contributed by atoms with Crippen molar-refractivity contribution >= 4 is 28.8 Å². The Morgan fingerprint density at radius 3 is 2.62 bits per heavy atom. The molecular weight excluding hydrogens is 307 g/mol. The number of hydrogen-bond donors (Lipinski definition) is 1. The maximum atomic E-state index is 9.75. The number of aliphatic hydroxyl groups excluding tert-OH is 1. The van der Waals surface area contributed by atoms with Crippen LogP contribution >= 0.6 is 23.2 Å². The standard InChI is InChI=1S/C16H14Cl2N2O/c1-9-3-4-12(10(2)5-9)15-14(8-21)20-7-11(17)6-13(18)16(20)19-15/h3-7,21H,8H2,1-2H3. The van der Waals surface area contributed by atoms with Gasteiger partial charge in [-0.3, -0.25) is 4.40 Å². The molecule has 0 atom stereocenters. The second-order valence-corrected chi connectivity index (χ2v) is 5.93. The van der Waals surface area contributed by atoms with Crippen LogP contribution in [0.4, 0.5) is 0 Å². The van der Waals surface area contributed by atoms with Crippen molar-refractivity contribution in [2.45, 2.75) is 20.5 Å². The molecule has 3 aromatic rings. The summed E-state index contributed by atoms with van der Waals surface area (Å²) in [6.07, 6.45) is 1.72. The molecule has 0 fully saturated rings. The normalized spacial score (nSPS) is 11.3. The van der Waals surface area contributed by atoms with E-state index in [-0.39, 0.29) is 6.61 Å². The lowest BCUT2D eigenvalue weighted by Gasteiger charge is -2.06. The van der Waals surface area contributed by atoms with Crippen LogP contribution < -0.4 is 0 Å². The number of hydrogen-bond acceptors (Lipinski definition) is 2. The van der Waals surface area contributed by atoms with Crippen LogP contribution in [0.2, 0.25) is 10.0 Å². The predicted molar refractivity (Wildman–Crippen MR) is 86.0 cm³/mol. The third-order valence-electron chi connectivity index (χ3n) is 3.53. The van der Waals surface area contributed by atoms with Crippen molar-refractivity contribution in [1.82, 2.24) is 9.38 Å². The van der Waals surface area contributed by atoms with Crippen molar-refractivity contribution in [1.29, 1.82) is 0 Å². The first kappa shape index (κ1) is 14.4. The number of halogens is 2. The van der Waals surface area contributed by atoms with Crippen LogP contribution in [0, 0.1) is 13.8 Å². The van der Waals surface area contributed by atoms with Crippen LogP contribution in [0.25, 0.3) is 16.9 Å². The fourth-order valence-electron chi connectivity index (χ4n) is 2.57. The summed E-state index contributed by atoms with van der Waals surface area (Å²) in [6.45, 7) is 3.94. The third kappa shape index (κ3) is 2.42. The van der Waals surface area contributed by atoms with Gasteiger partial charge in [-0.15, -0.1) is 0 Å². The van der Waals surface area contributed by atoms with E-state index in [1.54, 1.807) is 16.7 Å². The molecule has 0 aliphatic carbocycles. The van der Waals surface area contributed by atoms with E-state index in [9.17, 15) is 5.11 Å². The van der Waals surface area contributed by atoms with Gasteiger partial charge in [0.2, 0.25) is 0 Å². The summed E-state index contributed by atoms with van der Waals surface area (Å²) in [5.74, 6) is 0. The largest absolute Gasteiger partial charge is 0.390 e. The van der Waals surface area contributed by atoms with Crippen molar-refractivity contribution in [2.75, 3.05) is 0 Å². The Hall–Kier alpha value is -1.55. The third-order valence-corrected chi connectivity index (χ3v) is 4.01. The summed E-state index contributed by atoms with van der Waals surface area (Å²) in [7, 11) is 0. The lowest BCUT2D eigenvalue weighted by Crippen LogP contribution is -1.95. The average molecular weight is 321 g/mol. The van der Waals surface area contributed by atoms with Crippen LogP contribution in [0.15, 0.2) is 30.5 Å². The zero-order valence-electron chi connectivity index (χ0n) is 11.7. The van der Waals surface area contributed by atoms with E-state index in [2.05, 4.69) is 11.1 Å². The van der Waals surface area contributed by atoms with Gasteiger partial charge in [-0.05, 0) is 25.5 Å². The lowest BCUT2D eigenvalue weighted by molar-refractivity contribution is 0.276. The summed E-state index contributed by atoms with van der Waals surface area (Å²) < 4.78 is 1.75. The molecule has 1 aromatic carbocycles. The molecule has 108 valence electrons. The van der Waals surface area contributed by atoms with E-state index in [1.165, 1.54) is 5.56 Å². The van der Waals surface area contributed by atoms with Crippen molar-refractivity contribution in [3.8, 4) is 11.3 Å². The predicted octanol–water partition coefficient (Wildman–Crippen LogP) is 4.42. The topological polar surface area (TPSA) is 37.5 Å². The Labute approximate surface area is 132 Å². The van der Waals surface area contributed by atoms with E-state index >= 15 is 0 Å². The van der Waals surface area contributed by atoms with E-state index in [0.29, 0.717) is 21.4 Å². The first-order valence-corrected chi connectivity index (χ1v) is 7.31. The zero-order valence-corrected chi connectivity index (χ0v) is 13.2. The fraction of sp³-hybridized carbons (Fsp3) is 0.188. The molecule has 0 aliphatic heterocycles. The molecule has 0 spiro atoms. The van der Waals surface area contributed by atoms with Gasteiger partial charge in [0.25, 0.3) is 0 Å². The average Bonchev–Trinajstić information content (AvgIpc) is 2.77. The molecule has 5 heteroatoms. The van der Waals surface area contributed by atoms with Crippen LogP contribution in [-0.4, -0.2) is 14.5 Å². The summed E-state index contributed by atoms with van der Waals surface area (Å²) in [5.41, 5.74) is 5.29. The Balaban J connectivity index is 2.35. The van der Waals surface area contributed by atoms with E-state index < -0.39 is 0 Å². The van der Waals surface area contributed by atoms with Crippen molar-refractivity contribution in [2.24, 2.45) is 0 Å². The Kier molecular flexibility index (Phi) is 3.66. The van der Waals surface area contributed by atoms with Crippen molar-refractivity contribution in [3.63, 3.8) is 0 Å². The number of aliphatic hydroxyl groups is 1. The number of benzene rings is 1. The summed E-state index contributed by atoms with van der Waals surface area (Å²) in [4.78, 5) is 4.60. The monoisotopic (exact) mass is 320 g/mol. The van der Waals surface area contributed by atoms with Crippen molar-refractivity contribution < 1.29 is 5.11 Å². The van der Waals surface area contributed by atoms with Gasteiger partial charge in [-0.25, -0.2) is 4.98 Å². The quantitative estimate of drug-likeness (QED) is 0.759. The van der Waals surface area contributed by atoms with Gasteiger partial charge in [0.1, 0.15) is 0 Å². The maximum absolute atomic E-state index is 9.75. The molecule has 0 radical (unpaired) electrons. The van der Waals surface area contributed by atoms with E-state index in [4.69, 9.17) is 23.2 Å². The number of rotatable bonds is 2. The Morgan fingerprint density at radius 2 is 1.95 bits per heavy atom. The first-order valence-electron chi connectivity index (χ1n) is 6.55. The summed E-state index contributed by atoms with van der Waals surface area (Å²) >= 11 is 12.3. The van der Waals surface area contributed by atoms with Gasteiger partial charge in [0.15, 0.2) is 5.65 Å². The number of aryl methyl sites for hydroxylation is 2. The highest BCUT2D eigenvalue weighted by molar-refractivity contribution is 6.36. The zero-order chi connectivity index (χ0) is 15.1. The SMILES string of the molecule is Cc1ccc(-c2nc3c(Cl)cc(Cl)cn3c2CO)c(C)c1. The molecule has 0 unspecified atom stereocenters. The second kappa shape index (κ2) is 5.34. The molecule has 0 amide bonds. The Bertz CT molecular complexity index is 840. The molecule has 2 heterocycles. The molecule has 0 bridgehead atoms. The van der Waals surface area contributed by atoms with Crippen molar-refractivity contribution in [3.05, 3.63) is 57.3 Å². The van der Waals surface area contributed by atoms with Gasteiger partial charge < -0.3 is 5.11 Å². The highest BCUT2D eigenvalue weighted by atomic mass is 35.5.